The summed E-state index contributed by atoms with van der Waals surface area (Å²) in [7, 11) is 0. The molecule has 0 unspecified atom stereocenters. The lowest BCUT2D eigenvalue weighted by Crippen LogP contribution is -2.04. The van der Waals surface area contributed by atoms with Gasteiger partial charge in [0.25, 0.3) is 0 Å². The first-order valence-electron chi connectivity index (χ1n) is 5.88. The first kappa shape index (κ1) is 12.7. The summed E-state index contributed by atoms with van der Waals surface area (Å²) in [6, 6.07) is 2.00. The largest absolute Gasteiger partial charge is 0.466 e. The molecule has 0 aliphatic heterocycles. The van der Waals surface area contributed by atoms with Crippen LogP contribution in [0.15, 0.2) is 12.3 Å². The molecule has 1 aromatic heterocycles. The highest BCUT2D eigenvalue weighted by atomic mass is 16.5. The average Bonchev–Trinajstić information content (AvgIpc) is 2.64. The number of aryl methyl sites for hydroxylation is 2. The van der Waals surface area contributed by atoms with Gasteiger partial charge in [-0.3, -0.25) is 9.48 Å². The van der Waals surface area contributed by atoms with Crippen LogP contribution >= 0.6 is 0 Å². The maximum atomic E-state index is 11.0. The summed E-state index contributed by atoms with van der Waals surface area (Å²) < 4.78 is 6.80. The van der Waals surface area contributed by atoms with Gasteiger partial charge in [-0.1, -0.05) is 6.42 Å². The summed E-state index contributed by atoms with van der Waals surface area (Å²) in [5, 5.41) is 4.30. The predicted molar refractivity (Wildman–Crippen MR) is 62.1 cm³/mol. The molecule has 1 aromatic rings. The number of nitrogens with zero attached hydrogens (tertiary/aromatic N) is 2. The number of aromatic nitrogens is 2. The van der Waals surface area contributed by atoms with E-state index >= 15 is 0 Å². The number of carbonyl (C=O) groups is 1. The molecule has 4 heteroatoms. The minimum absolute atomic E-state index is 0.0857. The number of rotatable bonds is 7. The molecule has 0 amide bonds. The second-order valence-corrected chi connectivity index (χ2v) is 3.84. The van der Waals surface area contributed by atoms with Crippen molar-refractivity contribution >= 4 is 5.97 Å². The first-order valence-corrected chi connectivity index (χ1v) is 5.88. The van der Waals surface area contributed by atoms with E-state index in [1.54, 1.807) is 0 Å². The fourth-order valence-corrected chi connectivity index (χ4v) is 1.54. The fourth-order valence-electron chi connectivity index (χ4n) is 1.54. The minimum atomic E-state index is -0.0857. The molecule has 16 heavy (non-hydrogen) atoms. The van der Waals surface area contributed by atoms with E-state index in [0.717, 1.165) is 31.5 Å². The van der Waals surface area contributed by atoms with Crippen molar-refractivity contribution in [1.29, 1.82) is 0 Å². The van der Waals surface area contributed by atoms with E-state index in [2.05, 4.69) is 5.10 Å². The van der Waals surface area contributed by atoms with Crippen LogP contribution < -0.4 is 0 Å². The van der Waals surface area contributed by atoms with E-state index in [-0.39, 0.29) is 5.97 Å². The van der Waals surface area contributed by atoms with Gasteiger partial charge >= 0.3 is 5.97 Å². The third-order valence-corrected chi connectivity index (χ3v) is 2.35. The Balaban J connectivity index is 2.02. The lowest BCUT2D eigenvalue weighted by atomic mass is 10.2. The molecule has 0 aromatic carbocycles. The van der Waals surface area contributed by atoms with Gasteiger partial charge in [0, 0.05) is 19.2 Å². The molecule has 0 saturated carbocycles. The van der Waals surface area contributed by atoms with Crippen LogP contribution in [0.5, 0.6) is 0 Å². The monoisotopic (exact) mass is 224 g/mol. The van der Waals surface area contributed by atoms with Crippen molar-refractivity contribution in [3.63, 3.8) is 0 Å². The Hall–Kier alpha value is -1.32. The van der Waals surface area contributed by atoms with Crippen molar-refractivity contribution < 1.29 is 9.53 Å². The zero-order valence-corrected chi connectivity index (χ0v) is 10.1. The summed E-state index contributed by atoms with van der Waals surface area (Å²) in [5.74, 6) is -0.0857. The molecular weight excluding hydrogens is 204 g/mol. The fraction of sp³-hybridized carbons (Fsp3) is 0.667. The predicted octanol–water partition coefficient (Wildman–Crippen LogP) is 2.32. The van der Waals surface area contributed by atoms with Crippen molar-refractivity contribution in [2.24, 2.45) is 0 Å². The van der Waals surface area contributed by atoms with Crippen LogP contribution in [0.1, 0.15) is 38.3 Å². The van der Waals surface area contributed by atoms with Gasteiger partial charge < -0.3 is 4.74 Å². The molecule has 4 nitrogen and oxygen atoms in total. The van der Waals surface area contributed by atoms with Crippen molar-refractivity contribution in [3.8, 4) is 0 Å². The molecule has 0 radical (unpaired) electrons. The normalized spacial score (nSPS) is 10.4. The zero-order valence-electron chi connectivity index (χ0n) is 10.1. The van der Waals surface area contributed by atoms with Crippen molar-refractivity contribution in [2.75, 3.05) is 6.61 Å². The summed E-state index contributed by atoms with van der Waals surface area (Å²) in [5.41, 5.74) is 1.05. The lowest BCUT2D eigenvalue weighted by molar-refractivity contribution is -0.143. The quantitative estimate of drug-likeness (QED) is 0.527. The number of hydrogen-bond acceptors (Lipinski definition) is 3. The number of carbonyl (C=O) groups excluding carboxylic acids is 1. The standard InChI is InChI=1S/C12H20N2O2/c1-3-16-12(15)7-5-4-6-9-14-10-8-11(2)13-14/h8,10H,3-7,9H2,1-2H3. The molecule has 0 bridgehead atoms. The molecule has 0 aliphatic carbocycles. The average molecular weight is 224 g/mol. The molecule has 0 saturated heterocycles. The number of esters is 1. The SMILES string of the molecule is CCOC(=O)CCCCCn1ccc(C)n1. The van der Waals surface area contributed by atoms with E-state index in [0.29, 0.717) is 13.0 Å². The summed E-state index contributed by atoms with van der Waals surface area (Å²) >= 11 is 0. The van der Waals surface area contributed by atoms with Crippen LogP contribution in [0, 0.1) is 6.92 Å². The van der Waals surface area contributed by atoms with E-state index < -0.39 is 0 Å². The van der Waals surface area contributed by atoms with Crippen molar-refractivity contribution in [1.82, 2.24) is 9.78 Å². The summed E-state index contributed by atoms with van der Waals surface area (Å²) in [6.07, 6.45) is 5.52. The van der Waals surface area contributed by atoms with Crippen LogP contribution in [0.4, 0.5) is 0 Å². The number of hydrogen-bond donors (Lipinski definition) is 0. The van der Waals surface area contributed by atoms with E-state index in [1.165, 1.54) is 0 Å². The van der Waals surface area contributed by atoms with Gasteiger partial charge in [-0.25, -0.2) is 0 Å². The summed E-state index contributed by atoms with van der Waals surface area (Å²) in [4.78, 5) is 11.0. The van der Waals surface area contributed by atoms with E-state index in [1.807, 2.05) is 30.8 Å². The highest BCUT2D eigenvalue weighted by Crippen LogP contribution is 2.03. The third-order valence-electron chi connectivity index (χ3n) is 2.35. The van der Waals surface area contributed by atoms with Crippen LogP contribution in [0.3, 0.4) is 0 Å². The molecule has 0 fully saturated rings. The zero-order chi connectivity index (χ0) is 11.8. The molecule has 1 rings (SSSR count). The Morgan fingerprint density at radius 2 is 2.25 bits per heavy atom. The molecule has 0 spiro atoms. The lowest BCUT2D eigenvalue weighted by Gasteiger charge is -2.02. The van der Waals surface area contributed by atoms with Crippen LogP contribution in [-0.2, 0) is 16.1 Å². The Morgan fingerprint density at radius 1 is 1.44 bits per heavy atom. The molecular formula is C12H20N2O2. The van der Waals surface area contributed by atoms with Crippen LogP contribution in [-0.4, -0.2) is 22.4 Å². The van der Waals surface area contributed by atoms with Gasteiger partial charge in [-0.15, -0.1) is 0 Å². The second kappa shape index (κ2) is 7.04. The number of unbranched alkanes of at least 4 members (excludes halogenated alkanes) is 2. The van der Waals surface area contributed by atoms with Crippen LogP contribution in [0.25, 0.3) is 0 Å². The Kier molecular flexibility index (Phi) is 5.61. The van der Waals surface area contributed by atoms with E-state index in [9.17, 15) is 4.79 Å². The maximum absolute atomic E-state index is 11.0. The summed E-state index contributed by atoms with van der Waals surface area (Å²) in [6.45, 7) is 5.22. The highest BCUT2D eigenvalue weighted by molar-refractivity contribution is 5.69. The second-order valence-electron chi connectivity index (χ2n) is 3.84. The van der Waals surface area contributed by atoms with E-state index in [4.69, 9.17) is 4.74 Å². The van der Waals surface area contributed by atoms with Gasteiger partial charge in [0.2, 0.25) is 0 Å². The van der Waals surface area contributed by atoms with Crippen molar-refractivity contribution in [2.45, 2.75) is 46.1 Å². The van der Waals surface area contributed by atoms with Gasteiger partial charge in [0.15, 0.2) is 0 Å². The smallest absolute Gasteiger partial charge is 0.305 e. The topological polar surface area (TPSA) is 44.1 Å². The Labute approximate surface area is 96.6 Å². The molecule has 90 valence electrons. The van der Waals surface area contributed by atoms with Gasteiger partial charge in [-0.2, -0.15) is 5.10 Å². The first-order chi connectivity index (χ1) is 7.72. The molecule has 0 atom stereocenters. The molecule has 0 aliphatic rings. The highest BCUT2D eigenvalue weighted by Gasteiger charge is 2.00. The van der Waals surface area contributed by atoms with Gasteiger partial charge in [-0.05, 0) is 32.8 Å². The molecule has 0 N–H and O–H groups in total. The Bertz CT molecular complexity index is 321. The minimum Gasteiger partial charge on any atom is -0.466 e. The number of ether oxygens (including phenoxy) is 1. The maximum Gasteiger partial charge on any atom is 0.305 e. The Morgan fingerprint density at radius 3 is 2.88 bits per heavy atom. The molecule has 1 heterocycles. The van der Waals surface area contributed by atoms with Gasteiger partial charge in [0.05, 0.1) is 12.3 Å². The van der Waals surface area contributed by atoms with Crippen LogP contribution in [0.2, 0.25) is 0 Å². The van der Waals surface area contributed by atoms with Crippen molar-refractivity contribution in [3.05, 3.63) is 18.0 Å². The van der Waals surface area contributed by atoms with Gasteiger partial charge in [0.1, 0.15) is 0 Å². The third kappa shape index (κ3) is 4.96.